The van der Waals surface area contributed by atoms with Crippen molar-refractivity contribution in [3.8, 4) is 22.9 Å². The monoisotopic (exact) mass is 294 g/mol. The van der Waals surface area contributed by atoms with Gasteiger partial charge in [-0.05, 0) is 35.9 Å². The van der Waals surface area contributed by atoms with Gasteiger partial charge in [0, 0.05) is 22.2 Å². The van der Waals surface area contributed by atoms with E-state index in [0.717, 1.165) is 27.8 Å². The number of hydrogen-bond acceptors (Lipinski definition) is 3. The molecule has 0 saturated heterocycles. The molecule has 0 unspecified atom stereocenters. The van der Waals surface area contributed by atoms with Crippen molar-refractivity contribution in [1.29, 1.82) is 5.26 Å². The quantitative estimate of drug-likeness (QED) is 0.702. The molecule has 1 heterocycles. The smallest absolute Gasteiger partial charge is 0.119 e. The number of methoxy groups -OCH3 is 1. The van der Waals surface area contributed by atoms with Crippen LogP contribution in [-0.4, -0.2) is 12.1 Å². The summed E-state index contributed by atoms with van der Waals surface area (Å²) in [6, 6.07) is 15.3. The summed E-state index contributed by atoms with van der Waals surface area (Å²) in [4.78, 5) is 4.32. The van der Waals surface area contributed by atoms with Crippen LogP contribution < -0.4 is 4.74 Å². The van der Waals surface area contributed by atoms with Gasteiger partial charge in [0.05, 0.1) is 18.2 Å². The lowest BCUT2D eigenvalue weighted by molar-refractivity contribution is 0.415. The number of halogens is 1. The Morgan fingerprint density at radius 3 is 2.76 bits per heavy atom. The van der Waals surface area contributed by atoms with Crippen LogP contribution in [0.5, 0.6) is 5.75 Å². The van der Waals surface area contributed by atoms with E-state index in [1.807, 2.05) is 36.4 Å². The summed E-state index contributed by atoms with van der Waals surface area (Å²) in [5.74, 6) is 0.725. The fourth-order valence-electron chi connectivity index (χ4n) is 2.34. The van der Waals surface area contributed by atoms with E-state index in [1.165, 1.54) is 0 Å². The van der Waals surface area contributed by atoms with Gasteiger partial charge in [-0.15, -0.1) is 0 Å². The van der Waals surface area contributed by atoms with Gasteiger partial charge in [-0.1, -0.05) is 23.7 Å². The Bertz CT molecular complexity index is 868. The van der Waals surface area contributed by atoms with Gasteiger partial charge in [-0.2, -0.15) is 5.26 Å². The molecule has 102 valence electrons. The van der Waals surface area contributed by atoms with Crippen LogP contribution in [0.3, 0.4) is 0 Å². The van der Waals surface area contributed by atoms with Crippen LogP contribution in [-0.2, 0) is 0 Å². The number of aromatic nitrogens is 1. The number of rotatable bonds is 2. The molecule has 3 rings (SSSR count). The van der Waals surface area contributed by atoms with Crippen LogP contribution in [0.4, 0.5) is 0 Å². The van der Waals surface area contributed by atoms with Crippen LogP contribution in [0.2, 0.25) is 5.02 Å². The van der Waals surface area contributed by atoms with E-state index in [4.69, 9.17) is 16.3 Å². The lowest BCUT2D eigenvalue weighted by Crippen LogP contribution is -1.91. The van der Waals surface area contributed by atoms with E-state index >= 15 is 0 Å². The van der Waals surface area contributed by atoms with E-state index in [2.05, 4.69) is 11.1 Å². The minimum atomic E-state index is 0.512. The zero-order valence-corrected chi connectivity index (χ0v) is 12.1. The van der Waals surface area contributed by atoms with Crippen molar-refractivity contribution in [2.45, 2.75) is 0 Å². The maximum atomic E-state index is 9.38. The maximum absolute atomic E-state index is 9.38. The molecule has 0 atom stereocenters. The van der Waals surface area contributed by atoms with Crippen molar-refractivity contribution in [2.75, 3.05) is 7.11 Å². The molecule has 0 fully saturated rings. The number of ether oxygens (including phenoxy) is 1. The highest BCUT2D eigenvalue weighted by Crippen LogP contribution is 2.33. The number of nitriles is 1. The topological polar surface area (TPSA) is 45.9 Å². The van der Waals surface area contributed by atoms with E-state index in [-0.39, 0.29) is 0 Å². The van der Waals surface area contributed by atoms with Crippen molar-refractivity contribution >= 4 is 22.5 Å². The maximum Gasteiger partial charge on any atom is 0.119 e. The normalized spacial score (nSPS) is 10.3. The summed E-state index contributed by atoms with van der Waals surface area (Å²) in [7, 11) is 1.61. The lowest BCUT2D eigenvalue weighted by atomic mass is 9.97. The third-order valence-corrected chi connectivity index (χ3v) is 3.54. The van der Waals surface area contributed by atoms with E-state index in [1.54, 1.807) is 19.4 Å². The summed E-state index contributed by atoms with van der Waals surface area (Å²) >= 11 is 6.08. The van der Waals surface area contributed by atoms with Gasteiger partial charge in [0.1, 0.15) is 11.8 Å². The zero-order valence-electron chi connectivity index (χ0n) is 11.3. The Morgan fingerprint density at radius 1 is 1.19 bits per heavy atom. The molecule has 2 aromatic carbocycles. The second-order valence-corrected chi connectivity index (χ2v) is 4.99. The summed E-state index contributed by atoms with van der Waals surface area (Å²) < 4.78 is 5.27. The Kier molecular flexibility index (Phi) is 3.47. The number of pyridine rings is 1. The van der Waals surface area contributed by atoms with Gasteiger partial charge in [0.25, 0.3) is 0 Å². The molecular formula is C17H11ClN2O. The molecular weight excluding hydrogens is 284 g/mol. The lowest BCUT2D eigenvalue weighted by Gasteiger charge is -2.10. The Labute approximate surface area is 127 Å². The SMILES string of the molecule is COc1ccc2ncc(C#N)c(-c3cccc(Cl)c3)c2c1. The number of nitrogens with zero attached hydrogens (tertiary/aromatic N) is 2. The minimum Gasteiger partial charge on any atom is -0.497 e. The number of hydrogen-bond donors (Lipinski definition) is 0. The summed E-state index contributed by atoms with van der Waals surface area (Å²) in [5, 5.41) is 10.9. The summed E-state index contributed by atoms with van der Waals surface area (Å²) in [6.45, 7) is 0. The second-order valence-electron chi connectivity index (χ2n) is 4.55. The van der Waals surface area contributed by atoms with Crippen LogP contribution >= 0.6 is 11.6 Å². The highest BCUT2D eigenvalue weighted by Gasteiger charge is 2.12. The first-order valence-corrected chi connectivity index (χ1v) is 6.73. The molecule has 0 aliphatic heterocycles. The third-order valence-electron chi connectivity index (χ3n) is 3.31. The van der Waals surface area contributed by atoms with Gasteiger partial charge >= 0.3 is 0 Å². The Hall–Kier alpha value is -2.57. The molecule has 0 N–H and O–H groups in total. The van der Waals surface area contributed by atoms with Crippen molar-refractivity contribution in [3.63, 3.8) is 0 Å². The predicted octanol–water partition coefficient (Wildman–Crippen LogP) is 4.44. The summed E-state index contributed by atoms with van der Waals surface area (Å²) in [5.41, 5.74) is 3.03. The molecule has 0 aliphatic carbocycles. The minimum absolute atomic E-state index is 0.512. The molecule has 0 aliphatic rings. The van der Waals surface area contributed by atoms with Crippen LogP contribution in [0.25, 0.3) is 22.0 Å². The average Bonchev–Trinajstić information content (AvgIpc) is 2.53. The van der Waals surface area contributed by atoms with Gasteiger partial charge in [0.15, 0.2) is 0 Å². The third kappa shape index (κ3) is 2.42. The predicted molar refractivity (Wildman–Crippen MR) is 83.5 cm³/mol. The zero-order chi connectivity index (χ0) is 14.8. The highest BCUT2D eigenvalue weighted by atomic mass is 35.5. The molecule has 0 saturated carbocycles. The van der Waals surface area contributed by atoms with E-state index in [9.17, 15) is 5.26 Å². The highest BCUT2D eigenvalue weighted by molar-refractivity contribution is 6.31. The van der Waals surface area contributed by atoms with Gasteiger partial charge in [-0.3, -0.25) is 4.98 Å². The largest absolute Gasteiger partial charge is 0.497 e. The van der Waals surface area contributed by atoms with Crippen molar-refractivity contribution < 1.29 is 4.74 Å². The Balaban J connectivity index is 2.40. The molecule has 4 heteroatoms. The van der Waals surface area contributed by atoms with Gasteiger partial charge in [0.2, 0.25) is 0 Å². The summed E-state index contributed by atoms with van der Waals surface area (Å²) in [6.07, 6.45) is 1.59. The molecule has 0 spiro atoms. The molecule has 3 aromatic rings. The molecule has 0 bridgehead atoms. The van der Waals surface area contributed by atoms with E-state index < -0.39 is 0 Å². The second kappa shape index (κ2) is 5.43. The van der Waals surface area contributed by atoms with Gasteiger partial charge in [-0.25, -0.2) is 0 Å². The molecule has 3 nitrogen and oxygen atoms in total. The first-order chi connectivity index (χ1) is 10.2. The van der Waals surface area contributed by atoms with Crippen molar-refractivity contribution in [1.82, 2.24) is 4.98 Å². The van der Waals surface area contributed by atoms with Crippen LogP contribution in [0.1, 0.15) is 5.56 Å². The van der Waals surface area contributed by atoms with Crippen LogP contribution in [0, 0.1) is 11.3 Å². The fourth-order valence-corrected chi connectivity index (χ4v) is 2.53. The Morgan fingerprint density at radius 2 is 2.05 bits per heavy atom. The van der Waals surface area contributed by atoms with Crippen molar-refractivity contribution in [3.05, 3.63) is 59.2 Å². The molecule has 21 heavy (non-hydrogen) atoms. The molecule has 1 aromatic heterocycles. The number of benzene rings is 2. The number of fused-ring (bicyclic) bond motifs is 1. The average molecular weight is 295 g/mol. The molecule has 0 radical (unpaired) electrons. The first kappa shape index (κ1) is 13.4. The van der Waals surface area contributed by atoms with Gasteiger partial charge < -0.3 is 4.74 Å². The van der Waals surface area contributed by atoms with Crippen LogP contribution in [0.15, 0.2) is 48.7 Å². The first-order valence-electron chi connectivity index (χ1n) is 6.35. The fraction of sp³-hybridized carbons (Fsp3) is 0.0588. The van der Waals surface area contributed by atoms with E-state index in [0.29, 0.717) is 10.6 Å². The molecule has 0 amide bonds. The standard InChI is InChI=1S/C17H11ClN2O/c1-21-14-5-6-16-15(8-14)17(12(9-19)10-20-16)11-3-2-4-13(18)7-11/h2-8,10H,1H3. The van der Waals surface area contributed by atoms with Crippen molar-refractivity contribution in [2.24, 2.45) is 0 Å².